The van der Waals surface area contributed by atoms with E-state index in [0.717, 1.165) is 28.4 Å². The van der Waals surface area contributed by atoms with Crippen molar-refractivity contribution in [2.75, 3.05) is 13.7 Å². The Morgan fingerprint density at radius 1 is 1.50 bits per heavy atom. The maximum atomic E-state index is 11.8. The molecule has 2 aromatic rings. The second kappa shape index (κ2) is 7.91. The number of aromatic nitrogens is 1. The minimum atomic E-state index is -0.105. The number of methoxy groups -OCH3 is 1. The van der Waals surface area contributed by atoms with E-state index in [1.165, 1.54) is 0 Å². The van der Waals surface area contributed by atoms with Gasteiger partial charge < -0.3 is 9.30 Å². The largest absolute Gasteiger partial charge is 0.383 e. The number of rotatable bonds is 7. The highest BCUT2D eigenvalue weighted by atomic mass is 32.1. The highest BCUT2D eigenvalue weighted by Crippen LogP contribution is 2.13. The molecule has 0 aliphatic rings. The molecule has 2 aromatic heterocycles. The molecule has 0 aromatic carbocycles. The SMILES string of the molecule is COCCn1c(C)cc(/C=N\NC(=O)Cc2cccs2)c1C. The molecule has 2 rings (SSSR count). The maximum absolute atomic E-state index is 11.8. The lowest BCUT2D eigenvalue weighted by Crippen LogP contribution is -2.19. The van der Waals surface area contributed by atoms with Gasteiger partial charge in [-0.25, -0.2) is 5.43 Å². The molecule has 0 spiro atoms. The summed E-state index contributed by atoms with van der Waals surface area (Å²) in [6.07, 6.45) is 2.06. The van der Waals surface area contributed by atoms with Crippen molar-refractivity contribution in [3.63, 3.8) is 0 Å². The Morgan fingerprint density at radius 2 is 2.32 bits per heavy atom. The summed E-state index contributed by atoms with van der Waals surface area (Å²) in [4.78, 5) is 12.8. The van der Waals surface area contributed by atoms with E-state index in [0.29, 0.717) is 13.0 Å². The van der Waals surface area contributed by atoms with E-state index in [2.05, 4.69) is 28.1 Å². The van der Waals surface area contributed by atoms with Gasteiger partial charge in [-0.1, -0.05) is 6.07 Å². The summed E-state index contributed by atoms with van der Waals surface area (Å²) in [6.45, 7) is 5.57. The lowest BCUT2D eigenvalue weighted by molar-refractivity contribution is -0.120. The zero-order valence-corrected chi connectivity index (χ0v) is 13.9. The third-order valence-electron chi connectivity index (χ3n) is 3.44. The summed E-state index contributed by atoms with van der Waals surface area (Å²) in [5.41, 5.74) is 5.85. The van der Waals surface area contributed by atoms with Gasteiger partial charge in [0.15, 0.2) is 0 Å². The van der Waals surface area contributed by atoms with Gasteiger partial charge in [-0.3, -0.25) is 4.79 Å². The lowest BCUT2D eigenvalue weighted by Gasteiger charge is -2.08. The first-order chi connectivity index (χ1) is 10.6. The van der Waals surface area contributed by atoms with Gasteiger partial charge in [-0.2, -0.15) is 5.10 Å². The summed E-state index contributed by atoms with van der Waals surface area (Å²) in [5.74, 6) is -0.105. The van der Waals surface area contributed by atoms with Crippen LogP contribution >= 0.6 is 11.3 Å². The highest BCUT2D eigenvalue weighted by molar-refractivity contribution is 7.10. The second-order valence-corrected chi connectivity index (χ2v) is 6.05. The number of nitrogens with zero attached hydrogens (tertiary/aromatic N) is 2. The molecule has 22 heavy (non-hydrogen) atoms. The van der Waals surface area contributed by atoms with E-state index in [9.17, 15) is 4.79 Å². The summed E-state index contributed by atoms with van der Waals surface area (Å²) in [5, 5.41) is 6.01. The minimum Gasteiger partial charge on any atom is -0.383 e. The van der Waals surface area contributed by atoms with Crippen LogP contribution in [0, 0.1) is 13.8 Å². The normalized spacial score (nSPS) is 11.2. The fraction of sp³-hybridized carbons (Fsp3) is 0.375. The van der Waals surface area contributed by atoms with Crippen molar-refractivity contribution in [3.8, 4) is 0 Å². The molecule has 2 heterocycles. The van der Waals surface area contributed by atoms with Gasteiger partial charge in [0.2, 0.25) is 5.91 Å². The monoisotopic (exact) mass is 319 g/mol. The first-order valence-corrected chi connectivity index (χ1v) is 7.99. The zero-order valence-electron chi connectivity index (χ0n) is 13.1. The molecule has 0 saturated heterocycles. The van der Waals surface area contributed by atoms with Crippen LogP contribution in [0.1, 0.15) is 21.8 Å². The van der Waals surface area contributed by atoms with Crippen molar-refractivity contribution in [1.82, 2.24) is 9.99 Å². The quantitative estimate of drug-likeness (QED) is 0.630. The molecule has 0 saturated carbocycles. The molecule has 6 heteroatoms. The van der Waals surface area contributed by atoms with Crippen LogP contribution in [0.5, 0.6) is 0 Å². The molecule has 0 atom stereocenters. The van der Waals surface area contributed by atoms with Crippen LogP contribution in [0.3, 0.4) is 0 Å². The fourth-order valence-corrected chi connectivity index (χ4v) is 2.97. The van der Waals surface area contributed by atoms with Crippen LogP contribution in [0.4, 0.5) is 0 Å². The number of ether oxygens (including phenoxy) is 1. The van der Waals surface area contributed by atoms with Crippen LogP contribution in [0.25, 0.3) is 0 Å². The number of aryl methyl sites for hydroxylation is 1. The van der Waals surface area contributed by atoms with Crippen LogP contribution in [-0.2, 0) is 22.5 Å². The molecule has 0 fully saturated rings. The smallest absolute Gasteiger partial charge is 0.245 e. The summed E-state index contributed by atoms with van der Waals surface area (Å²) in [6, 6.07) is 5.93. The van der Waals surface area contributed by atoms with Gasteiger partial charge in [0.1, 0.15) is 0 Å². The Labute approximate surface area is 134 Å². The number of nitrogens with one attached hydrogen (secondary N) is 1. The topological polar surface area (TPSA) is 55.6 Å². The second-order valence-electron chi connectivity index (χ2n) is 5.02. The van der Waals surface area contributed by atoms with Crippen molar-refractivity contribution in [2.45, 2.75) is 26.8 Å². The Morgan fingerprint density at radius 3 is 3.00 bits per heavy atom. The first kappa shape index (κ1) is 16.5. The van der Waals surface area contributed by atoms with Crippen LogP contribution in [0.15, 0.2) is 28.7 Å². The number of amides is 1. The summed E-state index contributed by atoms with van der Waals surface area (Å²) >= 11 is 1.57. The number of hydrogen-bond acceptors (Lipinski definition) is 4. The van der Waals surface area contributed by atoms with Gasteiger partial charge in [0, 0.05) is 35.5 Å². The first-order valence-electron chi connectivity index (χ1n) is 7.11. The molecule has 0 aliphatic heterocycles. The van der Waals surface area contributed by atoms with Crippen molar-refractivity contribution < 1.29 is 9.53 Å². The van der Waals surface area contributed by atoms with Gasteiger partial charge in [-0.15, -0.1) is 11.3 Å². The van der Waals surface area contributed by atoms with Gasteiger partial charge >= 0.3 is 0 Å². The average molecular weight is 319 g/mol. The molecule has 5 nitrogen and oxygen atoms in total. The van der Waals surface area contributed by atoms with E-state index >= 15 is 0 Å². The predicted molar refractivity (Wildman–Crippen MR) is 89.5 cm³/mol. The van der Waals surface area contributed by atoms with E-state index in [1.54, 1.807) is 24.7 Å². The summed E-state index contributed by atoms with van der Waals surface area (Å²) < 4.78 is 7.30. The van der Waals surface area contributed by atoms with E-state index in [1.807, 2.05) is 24.4 Å². The number of hydrazone groups is 1. The molecular weight excluding hydrogens is 298 g/mol. The summed E-state index contributed by atoms with van der Waals surface area (Å²) in [7, 11) is 1.69. The maximum Gasteiger partial charge on any atom is 0.245 e. The van der Waals surface area contributed by atoms with E-state index in [-0.39, 0.29) is 5.91 Å². The van der Waals surface area contributed by atoms with Crippen molar-refractivity contribution in [3.05, 3.63) is 45.4 Å². The minimum absolute atomic E-state index is 0.105. The number of hydrogen-bond donors (Lipinski definition) is 1. The van der Waals surface area contributed by atoms with Crippen LogP contribution in [-0.4, -0.2) is 30.4 Å². The average Bonchev–Trinajstić information content (AvgIpc) is 3.07. The third-order valence-corrected chi connectivity index (χ3v) is 4.32. The van der Waals surface area contributed by atoms with Crippen molar-refractivity contribution in [1.29, 1.82) is 0 Å². The molecule has 0 aliphatic carbocycles. The molecule has 0 bridgehead atoms. The van der Waals surface area contributed by atoms with Crippen LogP contribution in [0.2, 0.25) is 0 Å². The Bertz CT molecular complexity index is 645. The Kier molecular flexibility index (Phi) is 5.91. The third kappa shape index (κ3) is 4.29. The molecular formula is C16H21N3O2S. The number of carbonyl (C=O) groups is 1. The number of thiophene rings is 1. The molecule has 1 N–H and O–H groups in total. The standard InChI is InChI=1S/C16H21N3O2S/c1-12-9-14(13(2)19(12)6-7-21-3)11-17-18-16(20)10-15-5-4-8-22-15/h4-5,8-9,11H,6-7,10H2,1-3H3,(H,18,20)/b17-11-. The molecule has 118 valence electrons. The lowest BCUT2D eigenvalue weighted by atomic mass is 10.3. The van der Waals surface area contributed by atoms with E-state index in [4.69, 9.17) is 4.74 Å². The Balaban J connectivity index is 1.94. The highest BCUT2D eigenvalue weighted by Gasteiger charge is 2.07. The predicted octanol–water partition coefficient (Wildman–Crippen LogP) is 2.51. The van der Waals surface area contributed by atoms with Gasteiger partial charge in [-0.05, 0) is 31.4 Å². The fourth-order valence-electron chi connectivity index (χ4n) is 2.27. The Hall–Kier alpha value is -1.92. The van der Waals surface area contributed by atoms with E-state index < -0.39 is 0 Å². The van der Waals surface area contributed by atoms with Crippen LogP contribution < -0.4 is 5.43 Å². The molecule has 1 amide bonds. The zero-order chi connectivity index (χ0) is 15.9. The van der Waals surface area contributed by atoms with Gasteiger partial charge in [0.25, 0.3) is 0 Å². The van der Waals surface area contributed by atoms with Crippen molar-refractivity contribution >= 4 is 23.5 Å². The molecule has 0 radical (unpaired) electrons. The van der Waals surface area contributed by atoms with Gasteiger partial charge in [0.05, 0.1) is 19.2 Å². The number of carbonyl (C=O) groups excluding carboxylic acids is 1. The van der Waals surface area contributed by atoms with Crippen molar-refractivity contribution in [2.24, 2.45) is 5.10 Å². The molecule has 0 unspecified atom stereocenters.